The maximum Gasteiger partial charge on any atom is 0.256 e. The molecule has 1 aromatic heterocycles. The molecular formula is C24H31FN4O2. The van der Waals surface area contributed by atoms with Crippen molar-refractivity contribution in [2.75, 3.05) is 40.3 Å². The van der Waals surface area contributed by atoms with Crippen LogP contribution in [-0.2, 0) is 0 Å². The smallest absolute Gasteiger partial charge is 0.256 e. The van der Waals surface area contributed by atoms with Crippen molar-refractivity contribution in [2.24, 2.45) is 0 Å². The number of amides is 2. The molecule has 3 rings (SSSR count). The van der Waals surface area contributed by atoms with Crippen LogP contribution in [0.15, 0.2) is 36.4 Å². The zero-order chi connectivity index (χ0) is 22.4. The van der Waals surface area contributed by atoms with Crippen LogP contribution < -0.4 is 5.32 Å². The Hall–Kier alpha value is -2.80. The van der Waals surface area contributed by atoms with E-state index in [9.17, 15) is 14.0 Å². The van der Waals surface area contributed by atoms with Crippen LogP contribution in [0.25, 0.3) is 0 Å². The average molecular weight is 427 g/mol. The lowest BCUT2D eigenvalue weighted by Gasteiger charge is -2.32. The molecule has 6 nitrogen and oxygen atoms in total. The summed E-state index contributed by atoms with van der Waals surface area (Å²) < 4.78 is 14.0. The number of likely N-dealkylation sites (tertiary alicyclic amines) is 1. The fraction of sp³-hybridized carbons (Fsp3) is 0.458. The second kappa shape index (κ2) is 10.5. The Morgan fingerprint density at radius 1 is 1.13 bits per heavy atom. The average Bonchev–Trinajstić information content (AvgIpc) is 2.76. The molecule has 31 heavy (non-hydrogen) atoms. The first-order valence-electron chi connectivity index (χ1n) is 10.8. The van der Waals surface area contributed by atoms with Gasteiger partial charge in [0.25, 0.3) is 11.8 Å². The number of hydrogen-bond acceptors (Lipinski definition) is 4. The number of halogens is 1. The number of carbonyl (C=O) groups is 2. The molecule has 1 N–H and O–H groups in total. The highest BCUT2D eigenvalue weighted by Gasteiger charge is 2.29. The Kier molecular flexibility index (Phi) is 7.74. The van der Waals surface area contributed by atoms with Crippen molar-refractivity contribution in [3.63, 3.8) is 0 Å². The van der Waals surface area contributed by atoms with Gasteiger partial charge in [0.05, 0.1) is 16.8 Å². The van der Waals surface area contributed by atoms with Crippen molar-refractivity contribution in [1.29, 1.82) is 0 Å². The molecule has 1 aliphatic rings. The summed E-state index contributed by atoms with van der Waals surface area (Å²) >= 11 is 0. The second-order valence-corrected chi connectivity index (χ2v) is 8.34. The van der Waals surface area contributed by atoms with Crippen molar-refractivity contribution in [2.45, 2.75) is 32.1 Å². The van der Waals surface area contributed by atoms with Gasteiger partial charge in [-0.3, -0.25) is 14.6 Å². The molecule has 1 fully saturated rings. The van der Waals surface area contributed by atoms with Gasteiger partial charge >= 0.3 is 0 Å². The molecule has 0 bridgehead atoms. The first-order valence-corrected chi connectivity index (χ1v) is 10.8. The molecule has 7 heteroatoms. The highest BCUT2D eigenvalue weighted by molar-refractivity contribution is 5.96. The molecule has 1 aromatic carbocycles. The van der Waals surface area contributed by atoms with Crippen molar-refractivity contribution < 1.29 is 14.0 Å². The number of piperidine rings is 1. The minimum Gasteiger partial charge on any atom is -0.352 e. The van der Waals surface area contributed by atoms with Gasteiger partial charge in [-0.2, -0.15) is 0 Å². The third-order valence-electron chi connectivity index (χ3n) is 5.65. The van der Waals surface area contributed by atoms with E-state index in [-0.39, 0.29) is 23.3 Å². The van der Waals surface area contributed by atoms with Gasteiger partial charge in [-0.1, -0.05) is 12.1 Å². The predicted octanol–water partition coefficient (Wildman–Crippen LogP) is 3.23. The Bertz CT molecular complexity index is 924. The lowest BCUT2D eigenvalue weighted by molar-refractivity contribution is 0.0705. The highest BCUT2D eigenvalue weighted by Crippen LogP contribution is 2.30. The quantitative estimate of drug-likeness (QED) is 0.691. The third kappa shape index (κ3) is 5.88. The van der Waals surface area contributed by atoms with E-state index in [4.69, 9.17) is 0 Å². The maximum atomic E-state index is 14.0. The van der Waals surface area contributed by atoms with Gasteiger partial charge in [-0.15, -0.1) is 0 Å². The molecule has 1 saturated heterocycles. The monoisotopic (exact) mass is 426 g/mol. The summed E-state index contributed by atoms with van der Waals surface area (Å²) in [6, 6.07) is 9.77. The van der Waals surface area contributed by atoms with Gasteiger partial charge in [0, 0.05) is 31.2 Å². The van der Waals surface area contributed by atoms with Crippen LogP contribution in [0.3, 0.4) is 0 Å². The molecule has 0 spiro atoms. The van der Waals surface area contributed by atoms with Crippen LogP contribution in [-0.4, -0.2) is 66.9 Å². The van der Waals surface area contributed by atoms with Gasteiger partial charge < -0.3 is 15.1 Å². The summed E-state index contributed by atoms with van der Waals surface area (Å²) in [7, 11) is 4.01. The van der Waals surface area contributed by atoms with E-state index < -0.39 is 5.82 Å². The summed E-state index contributed by atoms with van der Waals surface area (Å²) in [6.07, 6.45) is 2.26. The standard InChI is InChI=1S/C24H31FN4O2/c1-17-9-10-20(23(30)26-13-6-14-28(2)3)22(27-17)18-11-15-29(16-12-18)24(31)19-7-4-5-8-21(19)25/h4-5,7-10,18H,6,11-16H2,1-3H3,(H,26,30). The first-order chi connectivity index (χ1) is 14.9. The molecule has 2 amide bonds. The summed E-state index contributed by atoms with van der Waals surface area (Å²) in [5.74, 6) is -0.797. The molecule has 0 unspecified atom stereocenters. The number of carbonyl (C=O) groups excluding carboxylic acids is 2. The number of benzene rings is 1. The summed E-state index contributed by atoms with van der Waals surface area (Å²) in [6.45, 7) is 4.46. The van der Waals surface area contributed by atoms with E-state index in [1.165, 1.54) is 12.1 Å². The van der Waals surface area contributed by atoms with Gasteiger partial charge in [0.2, 0.25) is 0 Å². The fourth-order valence-corrected chi connectivity index (χ4v) is 3.93. The minimum absolute atomic E-state index is 0.0899. The molecule has 0 radical (unpaired) electrons. The van der Waals surface area contributed by atoms with E-state index in [0.717, 1.165) is 24.4 Å². The lowest BCUT2D eigenvalue weighted by atomic mass is 9.89. The number of nitrogens with one attached hydrogen (secondary N) is 1. The number of hydrogen-bond donors (Lipinski definition) is 1. The number of pyridine rings is 1. The van der Waals surface area contributed by atoms with Crippen LogP contribution >= 0.6 is 0 Å². The van der Waals surface area contributed by atoms with E-state index in [2.05, 4.69) is 15.2 Å². The van der Waals surface area contributed by atoms with E-state index in [1.54, 1.807) is 17.0 Å². The van der Waals surface area contributed by atoms with E-state index in [0.29, 0.717) is 38.0 Å². The fourth-order valence-electron chi connectivity index (χ4n) is 3.93. The summed E-state index contributed by atoms with van der Waals surface area (Å²) in [4.78, 5) is 33.9. The Balaban J connectivity index is 1.66. The van der Waals surface area contributed by atoms with E-state index >= 15 is 0 Å². The molecule has 2 heterocycles. The second-order valence-electron chi connectivity index (χ2n) is 8.34. The normalized spacial score (nSPS) is 14.7. The zero-order valence-corrected chi connectivity index (χ0v) is 18.5. The van der Waals surface area contributed by atoms with Crippen LogP contribution in [0, 0.1) is 12.7 Å². The number of aromatic nitrogens is 1. The number of aryl methyl sites for hydroxylation is 1. The van der Waals surface area contributed by atoms with Crippen molar-refractivity contribution in [3.8, 4) is 0 Å². The minimum atomic E-state index is -0.497. The van der Waals surface area contributed by atoms with Crippen LogP contribution in [0.5, 0.6) is 0 Å². The molecular weight excluding hydrogens is 395 g/mol. The lowest BCUT2D eigenvalue weighted by Crippen LogP contribution is -2.39. The largest absolute Gasteiger partial charge is 0.352 e. The van der Waals surface area contributed by atoms with Gasteiger partial charge in [0.15, 0.2) is 0 Å². The summed E-state index contributed by atoms with van der Waals surface area (Å²) in [5.41, 5.74) is 2.37. The maximum absolute atomic E-state index is 14.0. The number of nitrogens with zero attached hydrogens (tertiary/aromatic N) is 3. The highest BCUT2D eigenvalue weighted by atomic mass is 19.1. The first kappa shape index (κ1) is 22.9. The van der Waals surface area contributed by atoms with Crippen molar-refractivity contribution in [3.05, 3.63) is 64.7 Å². The van der Waals surface area contributed by atoms with Gasteiger partial charge in [0.1, 0.15) is 5.82 Å². The Morgan fingerprint density at radius 3 is 2.52 bits per heavy atom. The molecule has 0 atom stereocenters. The Labute approximate surface area is 183 Å². The topological polar surface area (TPSA) is 65.5 Å². The van der Waals surface area contributed by atoms with Gasteiger partial charge in [-0.25, -0.2) is 4.39 Å². The Morgan fingerprint density at radius 2 is 1.84 bits per heavy atom. The SMILES string of the molecule is Cc1ccc(C(=O)NCCCN(C)C)c(C2CCN(C(=O)c3ccccc3F)CC2)n1. The molecule has 0 aliphatic carbocycles. The van der Waals surface area contributed by atoms with Crippen LogP contribution in [0.4, 0.5) is 4.39 Å². The zero-order valence-electron chi connectivity index (χ0n) is 18.5. The summed E-state index contributed by atoms with van der Waals surface area (Å²) in [5, 5.41) is 3.00. The predicted molar refractivity (Wildman–Crippen MR) is 119 cm³/mol. The molecule has 1 aliphatic heterocycles. The van der Waals surface area contributed by atoms with E-state index in [1.807, 2.05) is 33.2 Å². The number of rotatable bonds is 7. The van der Waals surface area contributed by atoms with Gasteiger partial charge in [-0.05, 0) is 71.1 Å². The molecule has 2 aromatic rings. The van der Waals surface area contributed by atoms with Crippen molar-refractivity contribution >= 4 is 11.8 Å². The molecule has 0 saturated carbocycles. The van der Waals surface area contributed by atoms with Crippen molar-refractivity contribution in [1.82, 2.24) is 20.1 Å². The van der Waals surface area contributed by atoms with Crippen LogP contribution in [0.2, 0.25) is 0 Å². The van der Waals surface area contributed by atoms with Crippen LogP contribution in [0.1, 0.15) is 57.3 Å². The molecule has 166 valence electrons. The third-order valence-corrected chi connectivity index (χ3v) is 5.65.